The number of sulfonamides is 1. The summed E-state index contributed by atoms with van der Waals surface area (Å²) in [5, 5.41) is 9.54. The Morgan fingerprint density at radius 3 is 2.62 bits per heavy atom. The molecule has 1 atom stereocenters. The van der Waals surface area contributed by atoms with Crippen LogP contribution in [0.4, 0.5) is 0 Å². The van der Waals surface area contributed by atoms with Crippen LogP contribution >= 0.6 is 0 Å². The van der Waals surface area contributed by atoms with Crippen molar-refractivity contribution >= 4 is 10.0 Å². The number of aliphatic hydroxyl groups excluding tert-OH is 1. The van der Waals surface area contributed by atoms with Crippen molar-refractivity contribution in [1.29, 1.82) is 0 Å². The van der Waals surface area contributed by atoms with Crippen molar-refractivity contribution in [1.82, 2.24) is 4.72 Å². The number of rotatable bonds is 8. The monoisotopic (exact) mass is 315 g/mol. The highest BCUT2D eigenvalue weighted by molar-refractivity contribution is 7.89. The second kappa shape index (κ2) is 7.35. The summed E-state index contributed by atoms with van der Waals surface area (Å²) in [6, 6.07) is 6.35. The van der Waals surface area contributed by atoms with E-state index < -0.39 is 16.1 Å². The lowest BCUT2D eigenvalue weighted by molar-refractivity contribution is 0.153. The van der Waals surface area contributed by atoms with Crippen molar-refractivity contribution in [3.63, 3.8) is 0 Å². The molecule has 1 rings (SSSR count). The Balaban J connectivity index is 2.80. The molecule has 5 nitrogen and oxygen atoms in total. The van der Waals surface area contributed by atoms with Gasteiger partial charge in [-0.05, 0) is 36.5 Å². The van der Waals surface area contributed by atoms with Gasteiger partial charge in [0, 0.05) is 20.3 Å². The maximum absolute atomic E-state index is 12.3. The van der Waals surface area contributed by atoms with Crippen molar-refractivity contribution in [3.05, 3.63) is 29.8 Å². The molecule has 0 spiro atoms. The van der Waals surface area contributed by atoms with Crippen LogP contribution in [-0.4, -0.2) is 33.8 Å². The van der Waals surface area contributed by atoms with Gasteiger partial charge in [-0.15, -0.1) is 0 Å². The molecule has 1 aromatic carbocycles. The van der Waals surface area contributed by atoms with Gasteiger partial charge in [0.15, 0.2) is 0 Å². The Kier molecular flexibility index (Phi) is 6.34. The van der Waals surface area contributed by atoms with Gasteiger partial charge in [0.1, 0.15) is 0 Å². The fraction of sp³-hybridized carbons (Fsp3) is 0.600. The quantitative estimate of drug-likeness (QED) is 0.770. The third-order valence-corrected chi connectivity index (χ3v) is 4.77. The van der Waals surface area contributed by atoms with Crippen molar-refractivity contribution in [2.24, 2.45) is 5.41 Å². The van der Waals surface area contributed by atoms with E-state index >= 15 is 0 Å². The molecule has 120 valence electrons. The Morgan fingerprint density at radius 2 is 2.05 bits per heavy atom. The van der Waals surface area contributed by atoms with Crippen molar-refractivity contribution < 1.29 is 18.3 Å². The highest BCUT2D eigenvalue weighted by Gasteiger charge is 2.22. The average Bonchev–Trinajstić information content (AvgIpc) is 2.43. The Morgan fingerprint density at radius 1 is 1.38 bits per heavy atom. The lowest BCUT2D eigenvalue weighted by Crippen LogP contribution is -2.34. The summed E-state index contributed by atoms with van der Waals surface area (Å²) in [5.41, 5.74) is 0.391. The first kappa shape index (κ1) is 18.1. The van der Waals surface area contributed by atoms with E-state index in [1.807, 2.05) is 13.8 Å². The minimum absolute atomic E-state index is 0.170. The standard InChI is InChI=1S/C15H25NO4S/c1-12(17)13-6-5-7-14(10-13)21(18,19)16-11-15(2,3)8-9-20-4/h5-7,10,12,16-17H,8-9,11H2,1-4H3. The lowest BCUT2D eigenvalue weighted by atomic mass is 9.90. The molecule has 0 radical (unpaired) electrons. The maximum Gasteiger partial charge on any atom is 0.240 e. The van der Waals surface area contributed by atoms with Gasteiger partial charge in [0.25, 0.3) is 0 Å². The van der Waals surface area contributed by atoms with Crippen LogP contribution in [0.5, 0.6) is 0 Å². The highest BCUT2D eigenvalue weighted by Crippen LogP contribution is 2.21. The second-order valence-corrected chi connectivity index (χ2v) is 7.75. The molecule has 1 aromatic rings. The fourth-order valence-corrected chi connectivity index (χ4v) is 3.08. The minimum Gasteiger partial charge on any atom is -0.389 e. The topological polar surface area (TPSA) is 75.6 Å². The van der Waals surface area contributed by atoms with E-state index in [0.29, 0.717) is 18.7 Å². The van der Waals surface area contributed by atoms with Crippen LogP contribution in [0.2, 0.25) is 0 Å². The summed E-state index contributed by atoms with van der Waals surface area (Å²) in [7, 11) is -1.95. The van der Waals surface area contributed by atoms with Gasteiger partial charge >= 0.3 is 0 Å². The van der Waals surface area contributed by atoms with Crippen LogP contribution in [0.15, 0.2) is 29.2 Å². The first-order valence-corrected chi connectivity index (χ1v) is 8.43. The van der Waals surface area contributed by atoms with E-state index in [2.05, 4.69) is 4.72 Å². The van der Waals surface area contributed by atoms with Crippen LogP contribution in [0, 0.1) is 5.41 Å². The zero-order chi connectivity index (χ0) is 16.1. The molecule has 0 fully saturated rings. The molecule has 0 amide bonds. The Labute approximate surface area is 127 Å². The van der Waals surface area contributed by atoms with E-state index in [9.17, 15) is 13.5 Å². The average molecular weight is 315 g/mol. The summed E-state index contributed by atoms with van der Waals surface area (Å²) < 4.78 is 32.3. The first-order valence-electron chi connectivity index (χ1n) is 6.94. The zero-order valence-electron chi connectivity index (χ0n) is 13.1. The predicted octanol–water partition coefficient (Wildman–Crippen LogP) is 2.08. The largest absolute Gasteiger partial charge is 0.389 e. The molecule has 0 saturated heterocycles. The Hall–Kier alpha value is -0.950. The van der Waals surface area contributed by atoms with Gasteiger partial charge in [0.2, 0.25) is 10.0 Å². The highest BCUT2D eigenvalue weighted by atomic mass is 32.2. The van der Waals surface area contributed by atoms with Gasteiger partial charge < -0.3 is 9.84 Å². The lowest BCUT2D eigenvalue weighted by Gasteiger charge is -2.24. The minimum atomic E-state index is -3.58. The number of nitrogens with one attached hydrogen (secondary N) is 1. The molecular weight excluding hydrogens is 290 g/mol. The van der Waals surface area contributed by atoms with E-state index in [1.54, 1.807) is 26.2 Å². The fourth-order valence-electron chi connectivity index (χ4n) is 1.78. The number of ether oxygens (including phenoxy) is 1. The Bertz CT molecular complexity index is 553. The maximum atomic E-state index is 12.3. The zero-order valence-corrected chi connectivity index (χ0v) is 13.9. The summed E-state index contributed by atoms with van der Waals surface area (Å²) in [6.07, 6.45) is 0.0676. The smallest absolute Gasteiger partial charge is 0.240 e. The number of benzene rings is 1. The van der Waals surface area contributed by atoms with Gasteiger partial charge in [0.05, 0.1) is 11.0 Å². The molecule has 6 heteroatoms. The normalized spacial score (nSPS) is 14.1. The number of hydrogen-bond acceptors (Lipinski definition) is 4. The predicted molar refractivity (Wildman–Crippen MR) is 82.5 cm³/mol. The summed E-state index contributed by atoms with van der Waals surface area (Å²) in [5.74, 6) is 0. The molecule has 0 aliphatic rings. The van der Waals surface area contributed by atoms with Gasteiger partial charge in [-0.2, -0.15) is 0 Å². The first-order chi connectivity index (χ1) is 9.68. The molecule has 21 heavy (non-hydrogen) atoms. The van der Waals surface area contributed by atoms with Crippen LogP contribution < -0.4 is 4.72 Å². The molecule has 0 saturated carbocycles. The van der Waals surface area contributed by atoms with E-state index in [0.717, 1.165) is 6.42 Å². The number of aliphatic hydroxyl groups is 1. The number of methoxy groups -OCH3 is 1. The van der Waals surface area contributed by atoms with Gasteiger partial charge in [-0.1, -0.05) is 26.0 Å². The van der Waals surface area contributed by atoms with Crippen LogP contribution in [0.3, 0.4) is 0 Å². The van der Waals surface area contributed by atoms with Crippen molar-refractivity contribution in [3.8, 4) is 0 Å². The number of hydrogen-bond donors (Lipinski definition) is 2. The van der Waals surface area contributed by atoms with E-state index in [-0.39, 0.29) is 10.3 Å². The second-order valence-electron chi connectivity index (χ2n) is 5.98. The molecule has 0 aliphatic carbocycles. The van der Waals surface area contributed by atoms with Gasteiger partial charge in [-0.25, -0.2) is 13.1 Å². The molecule has 1 unspecified atom stereocenters. The van der Waals surface area contributed by atoms with Crippen molar-refractivity contribution in [2.75, 3.05) is 20.3 Å². The third-order valence-electron chi connectivity index (χ3n) is 3.37. The molecule has 0 bridgehead atoms. The van der Waals surface area contributed by atoms with Crippen LogP contribution in [0.1, 0.15) is 38.9 Å². The van der Waals surface area contributed by atoms with E-state index in [4.69, 9.17) is 4.74 Å². The SMILES string of the molecule is COCCC(C)(C)CNS(=O)(=O)c1cccc(C(C)O)c1. The third kappa shape index (κ3) is 5.74. The summed E-state index contributed by atoms with van der Waals surface area (Å²) in [4.78, 5) is 0.170. The molecular formula is C15H25NO4S. The van der Waals surface area contributed by atoms with Crippen molar-refractivity contribution in [2.45, 2.75) is 38.2 Å². The molecule has 0 heterocycles. The van der Waals surface area contributed by atoms with E-state index in [1.165, 1.54) is 12.1 Å². The summed E-state index contributed by atoms with van der Waals surface area (Å²) >= 11 is 0. The molecule has 0 aromatic heterocycles. The van der Waals surface area contributed by atoms with Gasteiger partial charge in [-0.3, -0.25) is 0 Å². The molecule has 2 N–H and O–H groups in total. The molecule has 0 aliphatic heterocycles. The van der Waals surface area contributed by atoms with Crippen LogP contribution in [0.25, 0.3) is 0 Å². The summed E-state index contributed by atoms with van der Waals surface area (Å²) in [6.45, 7) is 6.50. The van der Waals surface area contributed by atoms with Crippen LogP contribution in [-0.2, 0) is 14.8 Å².